The maximum absolute atomic E-state index is 12.2. The van der Waals surface area contributed by atoms with Gasteiger partial charge in [0.15, 0.2) is 0 Å². The Morgan fingerprint density at radius 3 is 3.04 bits per heavy atom. The minimum Gasteiger partial charge on any atom is -0.534 e. The van der Waals surface area contributed by atoms with Crippen LogP contribution in [0.25, 0.3) is 0 Å². The minimum atomic E-state index is -1.26. The number of carbonyl (C=O) groups excluding carboxylic acids is 2. The number of benzene rings is 1. The SMILES string of the molecule is COCCOC(=O)c1cccc2c1OB(O)C(NC(=O)CCc1cncs1)C2. The van der Waals surface area contributed by atoms with Crippen LogP contribution in [0.15, 0.2) is 29.9 Å². The van der Waals surface area contributed by atoms with Crippen LogP contribution in [0.3, 0.4) is 0 Å². The van der Waals surface area contributed by atoms with E-state index in [-0.39, 0.29) is 23.8 Å². The minimum absolute atomic E-state index is 0.125. The molecule has 10 heteroatoms. The molecule has 2 N–H and O–H groups in total. The van der Waals surface area contributed by atoms with Crippen molar-refractivity contribution in [2.75, 3.05) is 20.3 Å². The molecule has 0 bridgehead atoms. The van der Waals surface area contributed by atoms with E-state index < -0.39 is 19.0 Å². The van der Waals surface area contributed by atoms with Gasteiger partial charge in [-0.15, -0.1) is 11.3 Å². The standard InChI is InChI=1S/C18H21BN2O6S/c1-25-7-8-26-18(23)14-4-2-3-12-9-15(19(24)27-17(12)14)21-16(22)6-5-13-10-20-11-28-13/h2-4,10-11,15,24H,5-9H2,1H3,(H,21,22). The van der Waals surface area contributed by atoms with Gasteiger partial charge in [0.1, 0.15) is 17.9 Å². The molecule has 3 rings (SSSR count). The number of hydrogen-bond donors (Lipinski definition) is 2. The molecule has 1 amide bonds. The molecule has 2 aromatic rings. The van der Waals surface area contributed by atoms with Crippen molar-refractivity contribution in [3.63, 3.8) is 0 Å². The van der Waals surface area contributed by atoms with E-state index in [1.165, 1.54) is 18.4 Å². The first-order chi connectivity index (χ1) is 13.6. The fourth-order valence-corrected chi connectivity index (χ4v) is 3.48. The summed E-state index contributed by atoms with van der Waals surface area (Å²) >= 11 is 1.50. The molecule has 1 aliphatic heterocycles. The third-order valence-electron chi connectivity index (χ3n) is 4.29. The van der Waals surface area contributed by atoms with E-state index in [0.29, 0.717) is 25.9 Å². The molecule has 148 valence electrons. The lowest BCUT2D eigenvalue weighted by molar-refractivity contribution is -0.121. The van der Waals surface area contributed by atoms with Crippen LogP contribution in [0.5, 0.6) is 5.75 Å². The average Bonchev–Trinajstić information content (AvgIpc) is 3.20. The first kappa shape index (κ1) is 20.3. The lowest BCUT2D eigenvalue weighted by Gasteiger charge is -2.29. The van der Waals surface area contributed by atoms with E-state index in [1.54, 1.807) is 29.9 Å². The zero-order valence-electron chi connectivity index (χ0n) is 15.4. The summed E-state index contributed by atoms with van der Waals surface area (Å²) in [6.45, 7) is 0.417. The Morgan fingerprint density at radius 1 is 1.43 bits per heavy atom. The number of hydrogen-bond acceptors (Lipinski definition) is 8. The van der Waals surface area contributed by atoms with Gasteiger partial charge < -0.3 is 24.5 Å². The second kappa shape index (κ2) is 9.67. The molecular formula is C18H21BN2O6S. The molecule has 1 unspecified atom stereocenters. The van der Waals surface area contributed by atoms with Gasteiger partial charge in [-0.25, -0.2) is 4.79 Å². The van der Waals surface area contributed by atoms with Crippen LogP contribution in [0.2, 0.25) is 0 Å². The number of aromatic nitrogens is 1. The maximum Gasteiger partial charge on any atom is 0.547 e. The summed E-state index contributed by atoms with van der Waals surface area (Å²) in [7, 11) is 0.261. The Bertz CT molecular complexity index is 816. The monoisotopic (exact) mass is 404 g/mol. The highest BCUT2D eigenvalue weighted by atomic mass is 32.1. The molecule has 1 atom stereocenters. The smallest absolute Gasteiger partial charge is 0.534 e. The van der Waals surface area contributed by atoms with Crippen molar-refractivity contribution in [3.05, 3.63) is 45.9 Å². The number of methoxy groups -OCH3 is 1. The van der Waals surface area contributed by atoms with Crippen LogP contribution in [-0.2, 0) is 27.1 Å². The van der Waals surface area contributed by atoms with E-state index in [4.69, 9.17) is 14.1 Å². The van der Waals surface area contributed by atoms with E-state index >= 15 is 0 Å². The summed E-state index contributed by atoms with van der Waals surface area (Å²) in [6, 6.07) is 5.09. The molecule has 1 aromatic heterocycles. The first-order valence-electron chi connectivity index (χ1n) is 8.88. The fourth-order valence-electron chi connectivity index (χ4n) is 2.89. The zero-order chi connectivity index (χ0) is 19.9. The summed E-state index contributed by atoms with van der Waals surface area (Å²) in [5.74, 6) is -1.04. The Hall–Kier alpha value is -2.43. The van der Waals surface area contributed by atoms with Gasteiger partial charge in [0, 0.05) is 24.6 Å². The fraction of sp³-hybridized carbons (Fsp3) is 0.389. The molecule has 1 aliphatic rings. The van der Waals surface area contributed by atoms with Gasteiger partial charge in [0.2, 0.25) is 5.91 Å². The second-order valence-corrected chi connectivity index (χ2v) is 7.25. The Labute approximate surface area is 167 Å². The molecule has 28 heavy (non-hydrogen) atoms. The van der Waals surface area contributed by atoms with E-state index in [1.807, 2.05) is 0 Å². The Balaban J connectivity index is 1.61. The third kappa shape index (κ3) is 5.09. The molecule has 0 radical (unpaired) electrons. The van der Waals surface area contributed by atoms with Crippen molar-refractivity contribution in [2.24, 2.45) is 0 Å². The van der Waals surface area contributed by atoms with Crippen molar-refractivity contribution >= 4 is 30.3 Å². The van der Waals surface area contributed by atoms with E-state index in [0.717, 1.165) is 10.4 Å². The number of nitrogens with zero attached hydrogens (tertiary/aromatic N) is 1. The topological polar surface area (TPSA) is 107 Å². The molecule has 0 saturated heterocycles. The van der Waals surface area contributed by atoms with Gasteiger partial charge in [0.05, 0.1) is 18.1 Å². The summed E-state index contributed by atoms with van der Waals surface area (Å²) in [6.07, 6.45) is 2.97. The van der Waals surface area contributed by atoms with Crippen LogP contribution < -0.4 is 9.97 Å². The van der Waals surface area contributed by atoms with Gasteiger partial charge in [0.25, 0.3) is 0 Å². The van der Waals surface area contributed by atoms with E-state index in [2.05, 4.69) is 10.3 Å². The summed E-state index contributed by atoms with van der Waals surface area (Å²) in [5, 5.41) is 13.1. The lowest BCUT2D eigenvalue weighted by Crippen LogP contribution is -2.53. The van der Waals surface area contributed by atoms with Crippen molar-refractivity contribution < 1.29 is 28.7 Å². The number of carbonyl (C=O) groups is 2. The Kier molecular flexibility index (Phi) is 7.02. The van der Waals surface area contributed by atoms with Crippen molar-refractivity contribution in [2.45, 2.75) is 25.2 Å². The molecule has 0 spiro atoms. The molecule has 0 fully saturated rings. The summed E-state index contributed by atoms with van der Waals surface area (Å²) in [4.78, 5) is 29.5. The van der Waals surface area contributed by atoms with E-state index in [9.17, 15) is 14.6 Å². The van der Waals surface area contributed by atoms with Crippen LogP contribution >= 0.6 is 11.3 Å². The highest BCUT2D eigenvalue weighted by molar-refractivity contribution is 7.09. The number of fused-ring (bicyclic) bond motifs is 1. The molecule has 0 saturated carbocycles. The second-order valence-electron chi connectivity index (χ2n) is 6.28. The molecule has 0 aliphatic carbocycles. The van der Waals surface area contributed by atoms with Gasteiger partial charge in [-0.3, -0.25) is 9.78 Å². The Morgan fingerprint density at radius 2 is 2.29 bits per heavy atom. The van der Waals surface area contributed by atoms with Crippen LogP contribution in [0.4, 0.5) is 0 Å². The number of thiazole rings is 1. The van der Waals surface area contributed by atoms with Gasteiger partial charge >= 0.3 is 13.1 Å². The first-order valence-corrected chi connectivity index (χ1v) is 9.76. The van der Waals surface area contributed by atoms with Gasteiger partial charge in [-0.05, 0) is 24.5 Å². The number of amides is 1. The van der Waals surface area contributed by atoms with Crippen LogP contribution in [0.1, 0.15) is 27.2 Å². The number of nitrogens with one attached hydrogen (secondary N) is 1. The average molecular weight is 404 g/mol. The summed E-state index contributed by atoms with van der Waals surface area (Å²) < 4.78 is 15.5. The highest BCUT2D eigenvalue weighted by Gasteiger charge is 2.37. The van der Waals surface area contributed by atoms with Crippen molar-refractivity contribution in [3.8, 4) is 5.75 Å². The number of para-hydroxylation sites is 1. The highest BCUT2D eigenvalue weighted by Crippen LogP contribution is 2.30. The number of esters is 1. The molecule has 1 aromatic carbocycles. The molecule has 2 heterocycles. The quantitative estimate of drug-likeness (QED) is 0.384. The summed E-state index contributed by atoms with van der Waals surface area (Å²) in [5.41, 5.74) is 2.68. The van der Waals surface area contributed by atoms with Gasteiger partial charge in [-0.2, -0.15) is 0 Å². The van der Waals surface area contributed by atoms with Crippen LogP contribution in [0, 0.1) is 0 Å². The zero-order valence-corrected chi connectivity index (χ0v) is 16.2. The van der Waals surface area contributed by atoms with Gasteiger partial charge in [-0.1, -0.05) is 12.1 Å². The third-order valence-corrected chi connectivity index (χ3v) is 5.13. The predicted octanol–water partition coefficient (Wildman–Crippen LogP) is 1.02. The molecule has 8 nitrogen and oxygen atoms in total. The van der Waals surface area contributed by atoms with Crippen molar-refractivity contribution in [1.82, 2.24) is 10.3 Å². The van der Waals surface area contributed by atoms with Crippen LogP contribution in [-0.4, -0.2) is 55.3 Å². The molecular weight excluding hydrogens is 383 g/mol. The lowest BCUT2D eigenvalue weighted by atomic mass is 9.72. The predicted molar refractivity (Wildman–Crippen MR) is 103 cm³/mol. The van der Waals surface area contributed by atoms with Crippen molar-refractivity contribution in [1.29, 1.82) is 0 Å². The maximum atomic E-state index is 12.2. The number of ether oxygens (including phenoxy) is 2. The normalized spacial score (nSPS) is 15.5. The largest absolute Gasteiger partial charge is 0.547 e. The number of rotatable bonds is 8. The number of aryl methyl sites for hydroxylation is 1.